The van der Waals surface area contributed by atoms with Gasteiger partial charge in [0, 0.05) is 0 Å². The normalized spacial score (nSPS) is 24.6. The van der Waals surface area contributed by atoms with Crippen LogP contribution in [0, 0.1) is 5.53 Å². The minimum Gasteiger partial charge on any atom is -0.494 e. The quantitative estimate of drug-likeness (QED) is 0.532. The molecule has 3 nitrogen and oxygen atoms in total. The fourth-order valence-corrected chi connectivity index (χ4v) is 0.643. The van der Waals surface area contributed by atoms with Crippen molar-refractivity contribution in [2.45, 2.75) is 13.0 Å². The average Bonchev–Trinajstić information content (AvgIpc) is 1.88. The number of rotatable bonds is 1. The van der Waals surface area contributed by atoms with Crippen LogP contribution in [0.1, 0.15) is 6.92 Å². The Kier molecular flexibility index (Phi) is 1.63. The summed E-state index contributed by atoms with van der Waals surface area (Å²) >= 11 is 0. The third-order valence-corrected chi connectivity index (χ3v) is 1.07. The lowest BCUT2D eigenvalue weighted by atomic mass is 10.3. The van der Waals surface area contributed by atoms with Crippen LogP contribution < -0.4 is 0 Å². The lowest BCUT2D eigenvalue weighted by Crippen LogP contribution is -2.03. The van der Waals surface area contributed by atoms with Crippen LogP contribution >= 0.6 is 0 Å². The highest BCUT2D eigenvalue weighted by atomic mass is 16.5. The summed E-state index contributed by atoms with van der Waals surface area (Å²) < 4.78 is 5.01. The molecule has 1 aliphatic rings. The molecule has 1 atom stereocenters. The van der Waals surface area contributed by atoms with Crippen LogP contribution in [0.3, 0.4) is 0 Å². The van der Waals surface area contributed by atoms with E-state index in [-0.39, 0.29) is 6.10 Å². The minimum absolute atomic E-state index is 0.0547. The third-order valence-electron chi connectivity index (χ3n) is 1.07. The highest BCUT2D eigenvalue weighted by Gasteiger charge is 2.01. The summed E-state index contributed by atoms with van der Waals surface area (Å²) in [6.07, 6.45) is 5.05. The molecule has 1 N–H and O–H groups in total. The van der Waals surface area contributed by atoms with Gasteiger partial charge < -0.3 is 4.74 Å². The van der Waals surface area contributed by atoms with E-state index in [1.54, 1.807) is 18.4 Å². The molecule has 1 heterocycles. The Morgan fingerprint density at radius 3 is 3.00 bits per heavy atom. The summed E-state index contributed by atoms with van der Waals surface area (Å²) in [6.45, 7) is 1.90. The molecule has 0 aromatic rings. The van der Waals surface area contributed by atoms with Crippen molar-refractivity contribution in [2.75, 3.05) is 0 Å². The predicted molar refractivity (Wildman–Crippen MR) is 32.9 cm³/mol. The summed E-state index contributed by atoms with van der Waals surface area (Å²) in [5.74, 6) is 0. The van der Waals surface area contributed by atoms with Crippen molar-refractivity contribution in [2.24, 2.45) is 5.11 Å². The Balaban J connectivity index is 2.70. The molecule has 0 fully saturated rings. The molecule has 0 aromatic heterocycles. The summed E-state index contributed by atoms with van der Waals surface area (Å²) in [4.78, 5) is 0. The molecule has 0 aromatic carbocycles. The third kappa shape index (κ3) is 1.38. The van der Waals surface area contributed by atoms with Gasteiger partial charge in [-0.15, -0.1) is 0 Å². The number of ether oxygens (including phenoxy) is 1. The van der Waals surface area contributed by atoms with Gasteiger partial charge in [-0.25, -0.2) is 5.53 Å². The maximum absolute atomic E-state index is 6.64. The van der Waals surface area contributed by atoms with Gasteiger partial charge in [-0.3, -0.25) is 0 Å². The lowest BCUT2D eigenvalue weighted by molar-refractivity contribution is 0.198. The zero-order valence-electron chi connectivity index (χ0n) is 5.16. The summed E-state index contributed by atoms with van der Waals surface area (Å²) in [5.41, 5.74) is 7.30. The highest BCUT2D eigenvalue weighted by molar-refractivity contribution is 5.18. The van der Waals surface area contributed by atoms with Crippen molar-refractivity contribution in [3.63, 3.8) is 0 Å². The van der Waals surface area contributed by atoms with E-state index in [1.165, 1.54) is 0 Å². The molecule has 48 valence electrons. The first kappa shape index (κ1) is 6.01. The van der Waals surface area contributed by atoms with Gasteiger partial charge in [0.2, 0.25) is 0 Å². The number of hydrogen-bond acceptors (Lipinski definition) is 3. The van der Waals surface area contributed by atoms with Crippen LogP contribution in [0.4, 0.5) is 0 Å². The Morgan fingerprint density at radius 1 is 1.78 bits per heavy atom. The second-order valence-corrected chi connectivity index (χ2v) is 1.85. The van der Waals surface area contributed by atoms with Crippen LogP contribution in [0.25, 0.3) is 0 Å². The number of nitrogens with one attached hydrogen (secondary N) is 1. The highest BCUT2D eigenvalue weighted by Crippen LogP contribution is 2.09. The summed E-state index contributed by atoms with van der Waals surface area (Å²) in [6, 6.07) is 0. The molecule has 0 spiro atoms. The topological polar surface area (TPSA) is 45.4 Å². The van der Waals surface area contributed by atoms with Gasteiger partial charge in [0.25, 0.3) is 0 Å². The van der Waals surface area contributed by atoms with Gasteiger partial charge in [-0.1, -0.05) is 0 Å². The fourth-order valence-electron chi connectivity index (χ4n) is 0.643. The largest absolute Gasteiger partial charge is 0.494 e. The standard InChI is InChI=1S/C6H8N2O/c1-5-4-6(8-7)2-3-9-5/h2-5,7H,1H3. The van der Waals surface area contributed by atoms with Crippen LogP contribution in [-0.2, 0) is 4.74 Å². The molecule has 3 heteroatoms. The molecule has 1 aliphatic heterocycles. The van der Waals surface area contributed by atoms with E-state index in [4.69, 9.17) is 10.3 Å². The van der Waals surface area contributed by atoms with E-state index in [0.29, 0.717) is 5.70 Å². The van der Waals surface area contributed by atoms with Crippen LogP contribution in [0.5, 0.6) is 0 Å². The molecular formula is C6H8N2O. The van der Waals surface area contributed by atoms with E-state index in [2.05, 4.69) is 5.11 Å². The van der Waals surface area contributed by atoms with E-state index in [9.17, 15) is 0 Å². The summed E-state index contributed by atoms with van der Waals surface area (Å²) in [7, 11) is 0. The van der Waals surface area contributed by atoms with Gasteiger partial charge in [0.1, 0.15) is 6.10 Å². The van der Waals surface area contributed by atoms with Crippen molar-refractivity contribution in [1.29, 1.82) is 5.53 Å². The first-order valence-corrected chi connectivity index (χ1v) is 2.74. The van der Waals surface area contributed by atoms with Crippen LogP contribution in [0.2, 0.25) is 0 Å². The van der Waals surface area contributed by atoms with Gasteiger partial charge >= 0.3 is 0 Å². The van der Waals surface area contributed by atoms with Crippen molar-refractivity contribution in [1.82, 2.24) is 0 Å². The Labute approximate surface area is 53.5 Å². The molecule has 0 saturated carbocycles. The number of hydrogen-bond donors (Lipinski definition) is 1. The van der Waals surface area contributed by atoms with E-state index in [0.717, 1.165) is 0 Å². The maximum Gasteiger partial charge on any atom is 0.116 e. The number of allylic oxidation sites excluding steroid dienone is 1. The maximum atomic E-state index is 6.64. The van der Waals surface area contributed by atoms with Crippen LogP contribution in [-0.4, -0.2) is 6.10 Å². The fraction of sp³-hybridized carbons (Fsp3) is 0.333. The van der Waals surface area contributed by atoms with Crippen molar-refractivity contribution >= 4 is 0 Å². The molecule has 0 amide bonds. The lowest BCUT2D eigenvalue weighted by Gasteiger charge is -2.09. The summed E-state index contributed by atoms with van der Waals surface area (Å²) in [5, 5.41) is 3.24. The molecule has 0 saturated heterocycles. The Morgan fingerprint density at radius 2 is 2.56 bits per heavy atom. The van der Waals surface area contributed by atoms with Crippen molar-refractivity contribution in [3.05, 3.63) is 24.1 Å². The second kappa shape index (κ2) is 2.44. The Bertz CT molecular complexity index is 172. The molecule has 9 heavy (non-hydrogen) atoms. The van der Waals surface area contributed by atoms with E-state index < -0.39 is 0 Å². The molecule has 1 rings (SSSR count). The smallest absolute Gasteiger partial charge is 0.116 e. The van der Waals surface area contributed by atoms with Crippen LogP contribution in [0.15, 0.2) is 29.2 Å². The van der Waals surface area contributed by atoms with Gasteiger partial charge in [-0.2, -0.15) is 5.11 Å². The zero-order valence-corrected chi connectivity index (χ0v) is 5.16. The van der Waals surface area contributed by atoms with Gasteiger partial charge in [0.05, 0.1) is 12.0 Å². The van der Waals surface area contributed by atoms with E-state index in [1.807, 2.05) is 6.92 Å². The Hall–Kier alpha value is -1.12. The van der Waals surface area contributed by atoms with Crippen molar-refractivity contribution in [3.8, 4) is 0 Å². The molecule has 0 radical (unpaired) electrons. The molecule has 1 unspecified atom stereocenters. The zero-order chi connectivity index (χ0) is 6.69. The predicted octanol–water partition coefficient (Wildman–Crippen LogP) is 1.83. The van der Waals surface area contributed by atoms with Gasteiger partial charge in [-0.05, 0) is 19.1 Å². The van der Waals surface area contributed by atoms with Gasteiger partial charge in [0.15, 0.2) is 0 Å². The van der Waals surface area contributed by atoms with Crippen molar-refractivity contribution < 1.29 is 4.74 Å². The molecule has 0 aliphatic carbocycles. The molecular weight excluding hydrogens is 116 g/mol. The number of nitrogens with zero attached hydrogens (tertiary/aromatic N) is 1. The average molecular weight is 124 g/mol. The monoisotopic (exact) mass is 124 g/mol. The second-order valence-electron chi connectivity index (χ2n) is 1.85. The minimum atomic E-state index is 0.0547. The SMILES string of the molecule is CC1C=C(N=N)C=CO1. The van der Waals surface area contributed by atoms with E-state index >= 15 is 0 Å². The first-order valence-electron chi connectivity index (χ1n) is 2.74. The molecule has 0 bridgehead atoms. The first-order chi connectivity index (χ1) is 4.33.